The fourth-order valence-electron chi connectivity index (χ4n) is 4.92. The molecular formula is C18H26N2O3S. The number of methoxy groups -OCH3 is 1. The van der Waals surface area contributed by atoms with Crippen molar-refractivity contribution in [3.05, 3.63) is 29.3 Å². The number of ether oxygens (including phenoxy) is 1. The number of hydrogen-bond donors (Lipinski definition) is 0. The van der Waals surface area contributed by atoms with Gasteiger partial charge >= 0.3 is 0 Å². The molecular weight excluding hydrogens is 324 g/mol. The van der Waals surface area contributed by atoms with Gasteiger partial charge in [0.1, 0.15) is 5.75 Å². The highest BCUT2D eigenvalue weighted by Gasteiger charge is 2.44. The Hall–Kier alpha value is -1.11. The maximum atomic E-state index is 12.2. The fraction of sp³-hybridized carbons (Fsp3) is 0.667. The second-order valence-corrected chi connectivity index (χ2v) is 9.34. The van der Waals surface area contributed by atoms with Crippen molar-refractivity contribution in [1.29, 1.82) is 0 Å². The van der Waals surface area contributed by atoms with Gasteiger partial charge in [0.15, 0.2) is 0 Å². The molecule has 0 N–H and O–H groups in total. The lowest BCUT2D eigenvalue weighted by Gasteiger charge is -2.51. The van der Waals surface area contributed by atoms with Crippen molar-refractivity contribution in [3.63, 3.8) is 0 Å². The van der Waals surface area contributed by atoms with Crippen molar-refractivity contribution in [2.45, 2.75) is 37.8 Å². The van der Waals surface area contributed by atoms with Crippen LogP contribution < -0.4 is 4.74 Å². The van der Waals surface area contributed by atoms with Crippen LogP contribution in [0, 0.1) is 5.92 Å². The molecule has 132 valence electrons. The van der Waals surface area contributed by atoms with E-state index in [-0.39, 0.29) is 6.04 Å². The van der Waals surface area contributed by atoms with Crippen molar-refractivity contribution >= 4 is 10.0 Å². The smallest absolute Gasteiger partial charge is 0.211 e. The van der Waals surface area contributed by atoms with Gasteiger partial charge < -0.3 is 4.74 Å². The monoisotopic (exact) mass is 350 g/mol. The number of fused-ring (bicyclic) bond motifs is 4. The minimum absolute atomic E-state index is 0.146. The molecule has 3 aliphatic heterocycles. The molecule has 0 unspecified atom stereocenters. The van der Waals surface area contributed by atoms with E-state index in [1.165, 1.54) is 17.4 Å². The standard InChI is InChI=1S/C18H26N2O3S/c1-23-15-6-5-13-7-9-19-12-14-4-3-8-20(24(2,21)22)17(14)11-18(19)16(13)10-15/h5-6,10,14,17-18H,3-4,7-9,11-12H2,1-2H3/t14-,17+,18+/m1/s1. The quantitative estimate of drug-likeness (QED) is 0.819. The number of hydrogen-bond acceptors (Lipinski definition) is 4. The van der Waals surface area contributed by atoms with Crippen molar-refractivity contribution < 1.29 is 13.2 Å². The van der Waals surface area contributed by atoms with Gasteiger partial charge in [0.05, 0.1) is 13.4 Å². The van der Waals surface area contributed by atoms with Crippen LogP contribution in [0.25, 0.3) is 0 Å². The lowest BCUT2D eigenvalue weighted by molar-refractivity contribution is 0.0221. The van der Waals surface area contributed by atoms with Crippen LogP contribution in [0.2, 0.25) is 0 Å². The molecule has 0 bridgehead atoms. The first-order valence-electron chi connectivity index (χ1n) is 8.85. The molecule has 2 fully saturated rings. The van der Waals surface area contributed by atoms with E-state index in [0.29, 0.717) is 18.5 Å². The zero-order chi connectivity index (χ0) is 16.9. The van der Waals surface area contributed by atoms with Crippen LogP contribution in [0.4, 0.5) is 0 Å². The van der Waals surface area contributed by atoms with Crippen LogP contribution in [0.3, 0.4) is 0 Å². The summed E-state index contributed by atoms with van der Waals surface area (Å²) in [7, 11) is -1.43. The molecule has 2 saturated heterocycles. The van der Waals surface area contributed by atoms with Crippen LogP contribution in [-0.4, -0.2) is 56.7 Å². The van der Waals surface area contributed by atoms with Crippen LogP contribution in [0.15, 0.2) is 18.2 Å². The molecule has 1 aromatic carbocycles. The summed E-state index contributed by atoms with van der Waals surface area (Å²) in [5.41, 5.74) is 2.72. The van der Waals surface area contributed by atoms with Gasteiger partial charge in [-0.3, -0.25) is 4.90 Å². The predicted molar refractivity (Wildman–Crippen MR) is 93.7 cm³/mol. The van der Waals surface area contributed by atoms with Crippen molar-refractivity contribution in [3.8, 4) is 5.75 Å². The van der Waals surface area contributed by atoms with Gasteiger partial charge in [-0.1, -0.05) is 6.07 Å². The number of sulfonamides is 1. The Morgan fingerprint density at radius 1 is 1.25 bits per heavy atom. The second-order valence-electron chi connectivity index (χ2n) is 7.40. The van der Waals surface area contributed by atoms with E-state index < -0.39 is 10.0 Å². The first kappa shape index (κ1) is 16.4. The van der Waals surface area contributed by atoms with Gasteiger partial charge in [-0.05, 0) is 54.9 Å². The molecule has 0 radical (unpaired) electrons. The van der Waals surface area contributed by atoms with Gasteiger partial charge in [-0.2, -0.15) is 4.31 Å². The largest absolute Gasteiger partial charge is 0.497 e. The minimum atomic E-state index is -3.13. The minimum Gasteiger partial charge on any atom is -0.497 e. The van der Waals surface area contributed by atoms with E-state index in [2.05, 4.69) is 17.0 Å². The van der Waals surface area contributed by atoms with Gasteiger partial charge in [0.2, 0.25) is 10.0 Å². The second kappa shape index (κ2) is 6.00. The molecule has 1 aromatic rings. The van der Waals surface area contributed by atoms with E-state index in [1.54, 1.807) is 11.4 Å². The fourth-order valence-corrected chi connectivity index (χ4v) is 6.13. The number of piperidine rings is 2. The summed E-state index contributed by atoms with van der Waals surface area (Å²) in [5.74, 6) is 1.36. The molecule has 0 amide bonds. The zero-order valence-corrected chi connectivity index (χ0v) is 15.3. The third-order valence-corrected chi connectivity index (χ3v) is 7.35. The first-order valence-corrected chi connectivity index (χ1v) is 10.7. The summed E-state index contributed by atoms with van der Waals surface area (Å²) in [5, 5.41) is 0. The SMILES string of the molecule is COc1ccc2c(c1)[C@@H]1C[C@H]3[C@H](CCCN3S(C)(=O)=O)CN1CC2. The Kier molecular flexibility index (Phi) is 4.09. The molecule has 0 spiro atoms. The van der Waals surface area contributed by atoms with Gasteiger partial charge in [-0.25, -0.2) is 8.42 Å². The molecule has 3 atom stereocenters. The summed E-state index contributed by atoms with van der Waals surface area (Å²) in [4.78, 5) is 2.56. The average molecular weight is 350 g/mol. The topological polar surface area (TPSA) is 49.9 Å². The Balaban J connectivity index is 1.68. The number of nitrogens with zero attached hydrogens (tertiary/aromatic N) is 2. The number of benzene rings is 1. The maximum absolute atomic E-state index is 12.2. The van der Waals surface area contributed by atoms with Crippen molar-refractivity contribution in [2.24, 2.45) is 5.92 Å². The van der Waals surface area contributed by atoms with E-state index >= 15 is 0 Å². The van der Waals surface area contributed by atoms with Crippen LogP contribution >= 0.6 is 0 Å². The first-order chi connectivity index (χ1) is 11.5. The Bertz CT molecular complexity index is 734. The normalized spacial score (nSPS) is 31.0. The van der Waals surface area contributed by atoms with E-state index in [1.807, 2.05) is 6.07 Å². The van der Waals surface area contributed by atoms with Crippen LogP contribution in [0.1, 0.15) is 36.4 Å². The summed E-state index contributed by atoms with van der Waals surface area (Å²) < 4.78 is 31.7. The summed E-state index contributed by atoms with van der Waals surface area (Å²) in [6.45, 7) is 2.77. The molecule has 5 nitrogen and oxygen atoms in total. The third-order valence-electron chi connectivity index (χ3n) is 6.05. The number of rotatable bonds is 2. The molecule has 0 aromatic heterocycles. The molecule has 3 heterocycles. The molecule has 4 rings (SSSR count). The van der Waals surface area contributed by atoms with E-state index in [0.717, 1.165) is 44.5 Å². The lowest BCUT2D eigenvalue weighted by Crippen LogP contribution is -2.57. The van der Waals surface area contributed by atoms with E-state index in [9.17, 15) is 8.42 Å². The van der Waals surface area contributed by atoms with Gasteiger partial charge in [0, 0.05) is 31.7 Å². The molecule has 24 heavy (non-hydrogen) atoms. The highest BCUT2D eigenvalue weighted by Crippen LogP contribution is 2.44. The van der Waals surface area contributed by atoms with Gasteiger partial charge in [0.25, 0.3) is 0 Å². The zero-order valence-electron chi connectivity index (χ0n) is 14.4. The highest BCUT2D eigenvalue weighted by molar-refractivity contribution is 7.88. The summed E-state index contributed by atoms with van der Waals surface area (Å²) >= 11 is 0. The third kappa shape index (κ3) is 2.74. The Morgan fingerprint density at radius 2 is 2.08 bits per heavy atom. The Labute approximate surface area is 144 Å². The molecule has 6 heteroatoms. The predicted octanol–water partition coefficient (Wildman–Crippen LogP) is 2.04. The van der Waals surface area contributed by atoms with E-state index in [4.69, 9.17) is 4.74 Å². The average Bonchev–Trinajstić information content (AvgIpc) is 2.58. The Morgan fingerprint density at radius 3 is 2.83 bits per heavy atom. The highest BCUT2D eigenvalue weighted by atomic mass is 32.2. The molecule has 0 saturated carbocycles. The van der Waals surface area contributed by atoms with Crippen LogP contribution in [-0.2, 0) is 16.4 Å². The summed E-state index contributed by atoms with van der Waals surface area (Å²) in [6.07, 6.45) is 5.46. The van der Waals surface area contributed by atoms with Gasteiger partial charge in [-0.15, -0.1) is 0 Å². The maximum Gasteiger partial charge on any atom is 0.211 e. The van der Waals surface area contributed by atoms with Crippen molar-refractivity contribution in [2.75, 3.05) is 33.0 Å². The lowest BCUT2D eigenvalue weighted by atomic mass is 9.77. The van der Waals surface area contributed by atoms with Crippen LogP contribution in [0.5, 0.6) is 5.75 Å². The summed E-state index contributed by atoms with van der Waals surface area (Å²) in [6, 6.07) is 6.82. The van der Waals surface area contributed by atoms with Crippen molar-refractivity contribution in [1.82, 2.24) is 9.21 Å². The molecule has 0 aliphatic carbocycles. The molecule has 3 aliphatic rings.